The Hall–Kier alpha value is -0.980. The van der Waals surface area contributed by atoms with Gasteiger partial charge in [-0.3, -0.25) is 4.79 Å². The second-order valence-electron chi connectivity index (χ2n) is 4.57. The van der Waals surface area contributed by atoms with E-state index < -0.39 is 0 Å². The molecule has 0 aliphatic carbocycles. The predicted molar refractivity (Wildman–Crippen MR) is 95.2 cm³/mol. The standard InChI is InChI=1S/C15H9Br3N2O/c1-8-10-4-2-3-5-11(10)15(21)20(19-8)14-12(17)6-9(16)7-13(14)18/h2-7H,1H3. The van der Waals surface area contributed by atoms with E-state index >= 15 is 0 Å². The minimum atomic E-state index is -0.139. The van der Waals surface area contributed by atoms with Gasteiger partial charge in [0, 0.05) is 18.8 Å². The van der Waals surface area contributed by atoms with E-state index in [1.807, 2.05) is 43.3 Å². The fourth-order valence-corrected chi connectivity index (χ4v) is 4.83. The number of benzene rings is 2. The molecule has 106 valence electrons. The summed E-state index contributed by atoms with van der Waals surface area (Å²) in [5.41, 5.74) is 1.36. The van der Waals surface area contributed by atoms with Crippen molar-refractivity contribution in [1.82, 2.24) is 9.78 Å². The number of rotatable bonds is 1. The first kappa shape index (κ1) is 14.9. The smallest absolute Gasteiger partial charge is 0.267 e. The van der Waals surface area contributed by atoms with Crippen molar-refractivity contribution in [3.05, 3.63) is 65.9 Å². The van der Waals surface area contributed by atoms with Crippen molar-refractivity contribution in [2.24, 2.45) is 0 Å². The van der Waals surface area contributed by atoms with Crippen LogP contribution in [-0.2, 0) is 0 Å². The molecule has 0 radical (unpaired) electrons. The van der Waals surface area contributed by atoms with Crippen molar-refractivity contribution in [3.63, 3.8) is 0 Å². The summed E-state index contributed by atoms with van der Waals surface area (Å²) in [5.74, 6) is 0. The molecule has 3 rings (SSSR count). The fraction of sp³-hybridized carbons (Fsp3) is 0.0667. The summed E-state index contributed by atoms with van der Waals surface area (Å²) in [6.07, 6.45) is 0. The van der Waals surface area contributed by atoms with Crippen LogP contribution in [0.25, 0.3) is 16.5 Å². The molecule has 0 amide bonds. The van der Waals surface area contributed by atoms with Crippen LogP contribution in [0, 0.1) is 6.92 Å². The topological polar surface area (TPSA) is 34.9 Å². The third kappa shape index (κ3) is 2.60. The third-order valence-corrected chi connectivity index (χ3v) is 4.85. The lowest BCUT2D eigenvalue weighted by Crippen LogP contribution is -2.23. The summed E-state index contributed by atoms with van der Waals surface area (Å²) in [5, 5.41) is 5.99. The molecule has 6 heteroatoms. The molecule has 0 fully saturated rings. The van der Waals surface area contributed by atoms with E-state index in [4.69, 9.17) is 0 Å². The van der Waals surface area contributed by atoms with Gasteiger partial charge in [-0.1, -0.05) is 34.1 Å². The van der Waals surface area contributed by atoms with Gasteiger partial charge in [-0.05, 0) is 57.0 Å². The molecule has 3 nitrogen and oxygen atoms in total. The minimum absolute atomic E-state index is 0.139. The van der Waals surface area contributed by atoms with Crippen molar-refractivity contribution in [2.45, 2.75) is 6.92 Å². The summed E-state index contributed by atoms with van der Waals surface area (Å²) in [6, 6.07) is 11.3. The maximum atomic E-state index is 12.7. The summed E-state index contributed by atoms with van der Waals surface area (Å²) < 4.78 is 3.91. The molecule has 3 aromatic rings. The first-order valence-corrected chi connectivity index (χ1v) is 8.50. The van der Waals surface area contributed by atoms with Gasteiger partial charge in [0.05, 0.1) is 16.8 Å². The lowest BCUT2D eigenvalue weighted by atomic mass is 10.1. The maximum absolute atomic E-state index is 12.7. The van der Waals surface area contributed by atoms with Crippen LogP contribution in [-0.4, -0.2) is 9.78 Å². The van der Waals surface area contributed by atoms with Crippen molar-refractivity contribution in [3.8, 4) is 5.69 Å². The van der Waals surface area contributed by atoms with Crippen LogP contribution < -0.4 is 5.56 Å². The number of fused-ring (bicyclic) bond motifs is 1. The monoisotopic (exact) mass is 470 g/mol. The summed E-state index contributed by atoms with van der Waals surface area (Å²) >= 11 is 10.4. The van der Waals surface area contributed by atoms with Crippen LogP contribution in [0.3, 0.4) is 0 Å². The first-order valence-electron chi connectivity index (χ1n) is 6.12. The Kier molecular flexibility index (Phi) is 4.03. The Morgan fingerprint density at radius 3 is 2.19 bits per heavy atom. The maximum Gasteiger partial charge on any atom is 0.279 e. The molecule has 1 aromatic heterocycles. The average molecular weight is 473 g/mol. The zero-order valence-electron chi connectivity index (χ0n) is 10.9. The van der Waals surface area contributed by atoms with E-state index in [9.17, 15) is 4.79 Å². The minimum Gasteiger partial charge on any atom is -0.267 e. The van der Waals surface area contributed by atoms with Crippen molar-refractivity contribution >= 4 is 58.6 Å². The predicted octanol–water partition coefficient (Wildman–Crippen LogP) is 4.98. The highest BCUT2D eigenvalue weighted by Crippen LogP contribution is 2.32. The second-order valence-corrected chi connectivity index (χ2v) is 7.19. The molecule has 0 saturated carbocycles. The van der Waals surface area contributed by atoms with Crippen molar-refractivity contribution < 1.29 is 0 Å². The summed E-state index contributed by atoms with van der Waals surface area (Å²) in [4.78, 5) is 12.7. The number of hydrogen-bond donors (Lipinski definition) is 0. The number of nitrogens with zero attached hydrogens (tertiary/aromatic N) is 2. The van der Waals surface area contributed by atoms with Crippen molar-refractivity contribution in [2.75, 3.05) is 0 Å². The van der Waals surface area contributed by atoms with E-state index in [1.165, 1.54) is 4.68 Å². The molecule has 2 aromatic carbocycles. The van der Waals surface area contributed by atoms with Gasteiger partial charge in [0.15, 0.2) is 0 Å². The summed E-state index contributed by atoms with van der Waals surface area (Å²) in [6.45, 7) is 1.90. The molecule has 1 heterocycles. The molecule has 21 heavy (non-hydrogen) atoms. The van der Waals surface area contributed by atoms with Gasteiger partial charge in [0.1, 0.15) is 0 Å². The average Bonchev–Trinajstić information content (AvgIpc) is 2.43. The Morgan fingerprint density at radius 1 is 1.00 bits per heavy atom. The van der Waals surface area contributed by atoms with Crippen LogP contribution in [0.2, 0.25) is 0 Å². The molecule has 0 saturated heterocycles. The van der Waals surface area contributed by atoms with Gasteiger partial charge in [-0.25, -0.2) is 0 Å². The highest BCUT2D eigenvalue weighted by Gasteiger charge is 2.14. The van der Waals surface area contributed by atoms with Gasteiger partial charge in [-0.15, -0.1) is 0 Å². The van der Waals surface area contributed by atoms with Crippen LogP contribution in [0.15, 0.2) is 54.6 Å². The molecular formula is C15H9Br3N2O. The Balaban J connectivity index is 2.42. The van der Waals surface area contributed by atoms with Gasteiger partial charge >= 0.3 is 0 Å². The normalized spacial score (nSPS) is 11.0. The second kappa shape index (κ2) is 5.66. The fourth-order valence-electron chi connectivity index (χ4n) is 2.24. The third-order valence-electron chi connectivity index (χ3n) is 3.18. The van der Waals surface area contributed by atoms with Gasteiger partial charge in [-0.2, -0.15) is 9.78 Å². The van der Waals surface area contributed by atoms with Crippen LogP contribution in [0.1, 0.15) is 5.69 Å². The molecule has 0 N–H and O–H groups in total. The van der Waals surface area contributed by atoms with E-state index in [2.05, 4.69) is 52.9 Å². The molecule has 0 atom stereocenters. The highest BCUT2D eigenvalue weighted by molar-refractivity contribution is 9.11. The number of aromatic nitrogens is 2. The molecule has 0 unspecified atom stereocenters. The number of halogens is 3. The van der Waals surface area contributed by atoms with Crippen molar-refractivity contribution in [1.29, 1.82) is 0 Å². The molecule has 0 aliphatic heterocycles. The first-order chi connectivity index (χ1) is 9.99. The Bertz CT molecular complexity index is 895. The lowest BCUT2D eigenvalue weighted by molar-refractivity contribution is 0.794. The Labute approximate surface area is 146 Å². The van der Waals surface area contributed by atoms with Crippen LogP contribution in [0.5, 0.6) is 0 Å². The molecule has 0 aliphatic rings. The van der Waals surface area contributed by atoms with E-state index in [0.717, 1.165) is 24.5 Å². The largest absolute Gasteiger partial charge is 0.279 e. The molecule has 0 spiro atoms. The van der Waals surface area contributed by atoms with Gasteiger partial charge in [0.2, 0.25) is 0 Å². The zero-order valence-corrected chi connectivity index (χ0v) is 15.7. The van der Waals surface area contributed by atoms with Crippen LogP contribution in [0.4, 0.5) is 0 Å². The highest BCUT2D eigenvalue weighted by atomic mass is 79.9. The molecular weight excluding hydrogens is 464 g/mol. The Morgan fingerprint density at radius 2 is 1.57 bits per heavy atom. The van der Waals surface area contributed by atoms with E-state index in [-0.39, 0.29) is 5.56 Å². The van der Waals surface area contributed by atoms with Crippen LogP contribution >= 0.6 is 47.8 Å². The van der Waals surface area contributed by atoms with Gasteiger partial charge < -0.3 is 0 Å². The number of aryl methyl sites for hydroxylation is 1. The zero-order chi connectivity index (χ0) is 15.1. The quantitative estimate of drug-likeness (QED) is 0.500. The van der Waals surface area contributed by atoms with E-state index in [0.29, 0.717) is 11.1 Å². The SMILES string of the molecule is Cc1nn(-c2c(Br)cc(Br)cc2Br)c(=O)c2ccccc12. The lowest BCUT2D eigenvalue weighted by Gasteiger charge is -2.12. The summed E-state index contributed by atoms with van der Waals surface area (Å²) in [7, 11) is 0. The van der Waals surface area contributed by atoms with E-state index in [1.54, 1.807) is 0 Å². The van der Waals surface area contributed by atoms with Gasteiger partial charge in [0.25, 0.3) is 5.56 Å². The number of hydrogen-bond acceptors (Lipinski definition) is 2. The molecule has 0 bridgehead atoms.